The number of halogens is 3. The van der Waals surface area contributed by atoms with Gasteiger partial charge in [-0.1, -0.05) is 29.3 Å². The van der Waals surface area contributed by atoms with Crippen molar-refractivity contribution in [2.45, 2.75) is 13.3 Å². The van der Waals surface area contributed by atoms with Crippen LogP contribution in [0.15, 0.2) is 18.2 Å². The lowest BCUT2D eigenvalue weighted by atomic mass is 10.3. The molecule has 0 amide bonds. The van der Waals surface area contributed by atoms with Gasteiger partial charge in [0.15, 0.2) is 5.65 Å². The predicted octanol–water partition coefficient (Wildman–Crippen LogP) is 4.16. The summed E-state index contributed by atoms with van der Waals surface area (Å²) in [5.74, 6) is 1.30. The van der Waals surface area contributed by atoms with Crippen LogP contribution in [0, 0.1) is 6.92 Å². The fourth-order valence-corrected chi connectivity index (χ4v) is 3.24. The monoisotopic (exact) mass is 342 g/mol. The molecule has 0 saturated carbocycles. The van der Waals surface area contributed by atoms with Crippen molar-refractivity contribution in [3.05, 3.63) is 39.8 Å². The van der Waals surface area contributed by atoms with E-state index in [4.69, 9.17) is 34.8 Å². The van der Waals surface area contributed by atoms with E-state index in [1.165, 1.54) is 0 Å². The number of fused-ring (bicyclic) bond motifs is 1. The summed E-state index contributed by atoms with van der Waals surface area (Å²) in [7, 11) is 1.88. The predicted molar refractivity (Wildman–Crippen MR) is 87.0 cm³/mol. The van der Waals surface area contributed by atoms with Gasteiger partial charge in [0.05, 0.1) is 21.4 Å². The molecular weight excluding hydrogens is 331 g/mol. The summed E-state index contributed by atoms with van der Waals surface area (Å²) in [6, 6.07) is 5.43. The minimum absolute atomic E-state index is 0.470. The largest absolute Gasteiger partial charge is 0.278 e. The molecule has 0 fully saturated rings. The topological polar surface area (TPSA) is 35.6 Å². The summed E-state index contributed by atoms with van der Waals surface area (Å²) in [5, 5.41) is 5.54. The molecule has 2 heterocycles. The Labute approximate surface area is 137 Å². The van der Waals surface area contributed by atoms with Crippen LogP contribution in [0.3, 0.4) is 0 Å². The number of alkyl halides is 1. The van der Waals surface area contributed by atoms with Crippen LogP contribution in [-0.4, -0.2) is 25.2 Å². The van der Waals surface area contributed by atoms with Gasteiger partial charge in [0.2, 0.25) is 0 Å². The van der Waals surface area contributed by atoms with E-state index in [-0.39, 0.29) is 0 Å². The molecule has 0 radical (unpaired) electrons. The molecule has 0 unspecified atom stereocenters. The molecule has 7 heteroatoms. The highest BCUT2D eigenvalue weighted by molar-refractivity contribution is 6.37. The van der Waals surface area contributed by atoms with E-state index >= 15 is 0 Å². The molecule has 21 heavy (non-hydrogen) atoms. The highest BCUT2D eigenvalue weighted by Gasteiger charge is 2.21. The first-order valence-corrected chi connectivity index (χ1v) is 7.75. The van der Waals surface area contributed by atoms with Crippen molar-refractivity contribution in [1.29, 1.82) is 0 Å². The summed E-state index contributed by atoms with van der Waals surface area (Å²) in [6.07, 6.45) is 0.622. The Morgan fingerprint density at radius 1 is 1.19 bits per heavy atom. The van der Waals surface area contributed by atoms with Crippen molar-refractivity contribution < 1.29 is 0 Å². The first-order valence-electron chi connectivity index (χ1n) is 6.46. The Bertz CT molecular complexity index is 799. The molecule has 2 aromatic heterocycles. The highest BCUT2D eigenvalue weighted by atomic mass is 35.5. The Balaban J connectivity index is 2.42. The third-order valence-electron chi connectivity index (χ3n) is 3.35. The van der Waals surface area contributed by atoms with E-state index in [2.05, 4.69) is 10.1 Å². The van der Waals surface area contributed by atoms with Gasteiger partial charge in [0.25, 0.3) is 0 Å². The molecule has 0 bridgehead atoms. The molecule has 0 aliphatic carbocycles. The third kappa shape index (κ3) is 2.31. The molecule has 0 atom stereocenters. The second kappa shape index (κ2) is 5.52. The summed E-state index contributed by atoms with van der Waals surface area (Å²) in [5.41, 5.74) is 3.29. The molecule has 0 saturated heterocycles. The summed E-state index contributed by atoms with van der Waals surface area (Å²) in [4.78, 5) is 4.66. The molecule has 0 aliphatic rings. The fraction of sp³-hybridized carbons (Fsp3) is 0.286. The molecule has 4 nitrogen and oxygen atoms in total. The smallest absolute Gasteiger partial charge is 0.163 e. The molecular formula is C14H13Cl3N4. The number of rotatable bonds is 3. The van der Waals surface area contributed by atoms with Gasteiger partial charge in [-0.15, -0.1) is 11.6 Å². The SMILES string of the molecule is Cc1nn(C)c2c1nc(CCCl)n2-c1c(Cl)cccc1Cl. The van der Waals surface area contributed by atoms with Gasteiger partial charge in [-0.25, -0.2) is 9.67 Å². The Morgan fingerprint density at radius 2 is 1.86 bits per heavy atom. The van der Waals surface area contributed by atoms with Crippen LogP contribution in [0.25, 0.3) is 16.9 Å². The number of imidazole rings is 1. The lowest BCUT2D eigenvalue weighted by molar-refractivity contribution is 0.751. The van der Waals surface area contributed by atoms with E-state index in [1.54, 1.807) is 4.68 Å². The van der Waals surface area contributed by atoms with Crippen molar-refractivity contribution in [2.75, 3.05) is 5.88 Å². The van der Waals surface area contributed by atoms with E-state index < -0.39 is 0 Å². The van der Waals surface area contributed by atoms with Crippen molar-refractivity contribution in [2.24, 2.45) is 7.05 Å². The number of para-hydroxylation sites is 1. The van der Waals surface area contributed by atoms with Crippen LogP contribution in [0.2, 0.25) is 10.0 Å². The van der Waals surface area contributed by atoms with Crippen LogP contribution in [0.4, 0.5) is 0 Å². The van der Waals surface area contributed by atoms with Gasteiger partial charge in [-0.05, 0) is 19.1 Å². The van der Waals surface area contributed by atoms with Crippen molar-refractivity contribution in [1.82, 2.24) is 19.3 Å². The third-order valence-corrected chi connectivity index (χ3v) is 4.15. The van der Waals surface area contributed by atoms with Gasteiger partial charge >= 0.3 is 0 Å². The van der Waals surface area contributed by atoms with Crippen LogP contribution >= 0.6 is 34.8 Å². The molecule has 1 aromatic carbocycles. The maximum Gasteiger partial charge on any atom is 0.163 e. The lowest BCUT2D eigenvalue weighted by Gasteiger charge is -2.12. The number of hydrogen-bond donors (Lipinski definition) is 0. The first-order chi connectivity index (χ1) is 10.0. The van der Waals surface area contributed by atoms with Crippen molar-refractivity contribution >= 4 is 46.0 Å². The zero-order valence-electron chi connectivity index (χ0n) is 11.6. The van der Waals surface area contributed by atoms with Gasteiger partial charge in [-0.2, -0.15) is 5.10 Å². The second-order valence-corrected chi connectivity index (χ2v) is 5.95. The number of aromatic nitrogens is 4. The number of aryl methyl sites for hydroxylation is 3. The van der Waals surface area contributed by atoms with Crippen LogP contribution < -0.4 is 0 Å². The maximum atomic E-state index is 6.36. The fourth-order valence-electron chi connectivity index (χ4n) is 2.51. The molecule has 0 aliphatic heterocycles. The van der Waals surface area contributed by atoms with Crippen LogP contribution in [0.5, 0.6) is 0 Å². The van der Waals surface area contributed by atoms with Crippen LogP contribution in [-0.2, 0) is 13.5 Å². The Hall–Kier alpha value is -1.23. The molecule has 0 N–H and O–H groups in total. The van der Waals surface area contributed by atoms with E-state index in [0.717, 1.165) is 22.7 Å². The normalized spacial score (nSPS) is 11.5. The Kier molecular flexibility index (Phi) is 3.86. The van der Waals surface area contributed by atoms with Gasteiger partial charge < -0.3 is 0 Å². The summed E-state index contributed by atoms with van der Waals surface area (Å²) < 4.78 is 3.73. The molecule has 110 valence electrons. The highest BCUT2D eigenvalue weighted by Crippen LogP contribution is 2.33. The average Bonchev–Trinajstić information content (AvgIpc) is 2.90. The maximum absolute atomic E-state index is 6.36. The quantitative estimate of drug-likeness (QED) is 0.670. The Morgan fingerprint density at radius 3 is 2.48 bits per heavy atom. The molecule has 3 rings (SSSR count). The summed E-state index contributed by atoms with van der Waals surface area (Å²) >= 11 is 18.6. The van der Waals surface area contributed by atoms with Crippen molar-refractivity contribution in [3.8, 4) is 5.69 Å². The van der Waals surface area contributed by atoms with Gasteiger partial charge in [0, 0.05) is 19.3 Å². The average molecular weight is 344 g/mol. The van der Waals surface area contributed by atoms with Crippen molar-refractivity contribution in [3.63, 3.8) is 0 Å². The van der Waals surface area contributed by atoms with E-state index in [1.807, 2.05) is 36.7 Å². The minimum atomic E-state index is 0.470. The number of benzene rings is 1. The number of hydrogen-bond acceptors (Lipinski definition) is 2. The molecule has 3 aromatic rings. The van der Waals surface area contributed by atoms with E-state index in [9.17, 15) is 0 Å². The summed E-state index contributed by atoms with van der Waals surface area (Å²) in [6.45, 7) is 1.93. The zero-order valence-corrected chi connectivity index (χ0v) is 13.8. The molecule has 0 spiro atoms. The first kappa shape index (κ1) is 14.7. The van der Waals surface area contributed by atoms with E-state index in [0.29, 0.717) is 28.0 Å². The van der Waals surface area contributed by atoms with Crippen LogP contribution in [0.1, 0.15) is 11.5 Å². The minimum Gasteiger partial charge on any atom is -0.278 e. The zero-order chi connectivity index (χ0) is 15.1. The number of nitrogens with zero attached hydrogens (tertiary/aromatic N) is 4. The standard InChI is InChI=1S/C14H13Cl3N4/c1-8-12-14(20(2)19-8)21(11(18-12)6-7-15)13-9(16)4-3-5-10(13)17/h3-5H,6-7H2,1-2H3. The lowest BCUT2D eigenvalue weighted by Crippen LogP contribution is -2.07. The second-order valence-electron chi connectivity index (χ2n) is 4.75. The van der Waals surface area contributed by atoms with Gasteiger partial charge in [0.1, 0.15) is 11.3 Å². The van der Waals surface area contributed by atoms with Gasteiger partial charge in [-0.3, -0.25) is 4.57 Å².